The van der Waals surface area contributed by atoms with E-state index in [9.17, 15) is 0 Å². The van der Waals surface area contributed by atoms with Crippen molar-refractivity contribution in [1.29, 1.82) is 0 Å². The van der Waals surface area contributed by atoms with Crippen LogP contribution < -0.4 is 10.6 Å². The van der Waals surface area contributed by atoms with Gasteiger partial charge in [-0.25, -0.2) is 0 Å². The second-order valence-electron chi connectivity index (χ2n) is 8.51. The van der Waals surface area contributed by atoms with Gasteiger partial charge in [-0.1, -0.05) is 32.5 Å². The Labute approximate surface area is 181 Å². The van der Waals surface area contributed by atoms with Crippen LogP contribution in [0.2, 0.25) is 0 Å². The lowest BCUT2D eigenvalue weighted by Gasteiger charge is -2.30. The van der Waals surface area contributed by atoms with Crippen LogP contribution in [0.1, 0.15) is 52.3 Å². The molecule has 29 heavy (non-hydrogen) atoms. The van der Waals surface area contributed by atoms with E-state index < -0.39 is 0 Å². The molecule has 8 heteroatoms. The SMILES string of the molecule is CN=C(NCCCc1nnc(SC)n1CC(C)C)NCCCN1CCC(C)CC1. The van der Waals surface area contributed by atoms with E-state index in [1.165, 1.54) is 32.5 Å². The van der Waals surface area contributed by atoms with Gasteiger partial charge in [0.05, 0.1) is 0 Å². The fourth-order valence-corrected chi connectivity index (χ4v) is 4.20. The summed E-state index contributed by atoms with van der Waals surface area (Å²) < 4.78 is 2.27. The highest BCUT2D eigenvalue weighted by molar-refractivity contribution is 7.98. The van der Waals surface area contributed by atoms with Gasteiger partial charge in [0.15, 0.2) is 11.1 Å². The number of thioether (sulfide) groups is 1. The number of nitrogens with one attached hydrogen (secondary N) is 2. The molecule has 1 saturated heterocycles. The molecule has 0 spiro atoms. The van der Waals surface area contributed by atoms with Gasteiger partial charge in [-0.05, 0) is 63.4 Å². The number of aryl methyl sites for hydroxylation is 1. The lowest BCUT2D eigenvalue weighted by atomic mass is 9.99. The molecule has 1 aromatic heterocycles. The van der Waals surface area contributed by atoms with Crippen molar-refractivity contribution in [1.82, 2.24) is 30.3 Å². The van der Waals surface area contributed by atoms with Crippen molar-refractivity contribution >= 4 is 17.7 Å². The lowest BCUT2D eigenvalue weighted by molar-refractivity contribution is 0.191. The number of aliphatic imine (C=N–C) groups is 1. The highest BCUT2D eigenvalue weighted by Gasteiger charge is 2.15. The minimum Gasteiger partial charge on any atom is -0.356 e. The quantitative estimate of drug-likeness (QED) is 0.247. The van der Waals surface area contributed by atoms with Gasteiger partial charge in [-0.2, -0.15) is 0 Å². The minimum absolute atomic E-state index is 0.588. The number of guanidine groups is 1. The summed E-state index contributed by atoms with van der Waals surface area (Å²) in [5.74, 6) is 3.47. The number of rotatable bonds is 11. The number of hydrogen-bond acceptors (Lipinski definition) is 5. The maximum Gasteiger partial charge on any atom is 0.190 e. The Kier molecular flexibility index (Phi) is 10.8. The third kappa shape index (κ3) is 8.54. The molecule has 1 fully saturated rings. The standard InChI is InChI=1S/C21H41N7S/c1-17(2)16-28-19(25-26-21(28)29-5)8-6-11-23-20(22-4)24-12-7-13-27-14-9-18(3)10-15-27/h17-18H,6-16H2,1-5H3,(H2,22,23,24). The molecular formula is C21H41N7S. The largest absolute Gasteiger partial charge is 0.356 e. The zero-order valence-corrected chi connectivity index (χ0v) is 19.9. The highest BCUT2D eigenvalue weighted by atomic mass is 32.2. The molecule has 166 valence electrons. The van der Waals surface area contributed by atoms with E-state index in [1.54, 1.807) is 11.8 Å². The zero-order chi connectivity index (χ0) is 21.1. The first-order chi connectivity index (χ1) is 14.0. The molecule has 0 aliphatic carbocycles. The van der Waals surface area contributed by atoms with Gasteiger partial charge in [0.1, 0.15) is 5.82 Å². The Morgan fingerprint density at radius 2 is 1.86 bits per heavy atom. The first-order valence-electron chi connectivity index (χ1n) is 11.2. The summed E-state index contributed by atoms with van der Waals surface area (Å²) >= 11 is 1.67. The Morgan fingerprint density at radius 3 is 2.48 bits per heavy atom. The molecule has 0 radical (unpaired) electrons. The summed E-state index contributed by atoms with van der Waals surface area (Å²) in [6.45, 7) is 13.4. The minimum atomic E-state index is 0.588. The van der Waals surface area contributed by atoms with Crippen LogP contribution in [0, 0.1) is 11.8 Å². The molecule has 0 atom stereocenters. The number of nitrogens with zero attached hydrogens (tertiary/aromatic N) is 5. The predicted octanol–water partition coefficient (Wildman–Crippen LogP) is 2.88. The molecule has 1 aromatic rings. The number of aromatic nitrogens is 3. The van der Waals surface area contributed by atoms with E-state index in [4.69, 9.17) is 0 Å². The van der Waals surface area contributed by atoms with Crippen LogP contribution in [0.5, 0.6) is 0 Å². The summed E-state index contributed by atoms with van der Waals surface area (Å²) in [6.07, 6.45) is 7.85. The van der Waals surface area contributed by atoms with Crippen LogP contribution in [0.25, 0.3) is 0 Å². The predicted molar refractivity (Wildman–Crippen MR) is 124 cm³/mol. The number of piperidine rings is 1. The van der Waals surface area contributed by atoms with E-state index in [2.05, 4.69) is 62.3 Å². The maximum absolute atomic E-state index is 4.40. The zero-order valence-electron chi connectivity index (χ0n) is 19.1. The van der Waals surface area contributed by atoms with Gasteiger partial charge in [0.2, 0.25) is 0 Å². The summed E-state index contributed by atoms with van der Waals surface area (Å²) in [7, 11) is 1.84. The van der Waals surface area contributed by atoms with Gasteiger partial charge < -0.3 is 20.1 Å². The first-order valence-corrected chi connectivity index (χ1v) is 12.4. The second-order valence-corrected chi connectivity index (χ2v) is 9.29. The molecule has 0 bridgehead atoms. The van der Waals surface area contributed by atoms with Crippen LogP contribution in [0.3, 0.4) is 0 Å². The Morgan fingerprint density at radius 1 is 1.17 bits per heavy atom. The summed E-state index contributed by atoms with van der Waals surface area (Å²) in [4.78, 5) is 6.94. The normalized spacial score (nSPS) is 16.6. The number of hydrogen-bond donors (Lipinski definition) is 2. The summed E-state index contributed by atoms with van der Waals surface area (Å²) in [5.41, 5.74) is 0. The molecule has 7 nitrogen and oxygen atoms in total. The van der Waals surface area contributed by atoms with Crippen molar-refractivity contribution in [3.05, 3.63) is 5.82 Å². The van der Waals surface area contributed by atoms with Crippen molar-refractivity contribution in [2.45, 2.75) is 64.6 Å². The van der Waals surface area contributed by atoms with Crippen LogP contribution in [0.15, 0.2) is 10.1 Å². The van der Waals surface area contributed by atoms with Crippen molar-refractivity contribution in [3.8, 4) is 0 Å². The van der Waals surface area contributed by atoms with E-state index in [0.29, 0.717) is 5.92 Å². The molecule has 0 saturated carbocycles. The van der Waals surface area contributed by atoms with Crippen LogP contribution in [-0.2, 0) is 13.0 Å². The van der Waals surface area contributed by atoms with Crippen molar-refractivity contribution in [3.63, 3.8) is 0 Å². The van der Waals surface area contributed by atoms with Crippen LogP contribution in [0.4, 0.5) is 0 Å². The average Bonchev–Trinajstić information content (AvgIpc) is 3.09. The van der Waals surface area contributed by atoms with Gasteiger partial charge in [-0.3, -0.25) is 4.99 Å². The molecular weight excluding hydrogens is 382 g/mol. The fourth-order valence-electron chi connectivity index (χ4n) is 3.67. The fraction of sp³-hybridized carbons (Fsp3) is 0.857. The summed E-state index contributed by atoms with van der Waals surface area (Å²) in [6, 6.07) is 0. The van der Waals surface area contributed by atoms with Crippen LogP contribution in [-0.4, -0.2) is 71.7 Å². The molecule has 0 amide bonds. The Hall–Kier alpha value is -1.28. The Bertz CT molecular complexity index is 606. The second kappa shape index (κ2) is 13.1. The summed E-state index contributed by atoms with van der Waals surface area (Å²) in [5, 5.41) is 16.6. The van der Waals surface area contributed by atoms with Gasteiger partial charge in [0.25, 0.3) is 0 Å². The molecule has 0 aromatic carbocycles. The highest BCUT2D eigenvalue weighted by Crippen LogP contribution is 2.17. The molecule has 1 aliphatic heterocycles. The smallest absolute Gasteiger partial charge is 0.190 e. The molecule has 2 N–H and O–H groups in total. The van der Waals surface area contributed by atoms with E-state index in [1.807, 2.05) is 7.05 Å². The topological polar surface area (TPSA) is 70.4 Å². The van der Waals surface area contributed by atoms with Gasteiger partial charge in [0, 0.05) is 33.1 Å². The molecule has 0 unspecified atom stereocenters. The maximum atomic E-state index is 4.40. The van der Waals surface area contributed by atoms with Crippen molar-refractivity contribution in [2.24, 2.45) is 16.8 Å². The monoisotopic (exact) mass is 423 g/mol. The van der Waals surface area contributed by atoms with Gasteiger partial charge >= 0.3 is 0 Å². The average molecular weight is 424 g/mol. The van der Waals surface area contributed by atoms with Crippen LogP contribution >= 0.6 is 11.8 Å². The lowest BCUT2D eigenvalue weighted by Crippen LogP contribution is -2.40. The van der Waals surface area contributed by atoms with E-state index in [0.717, 1.165) is 61.8 Å². The van der Waals surface area contributed by atoms with Crippen molar-refractivity contribution in [2.75, 3.05) is 46.0 Å². The number of likely N-dealkylation sites (tertiary alicyclic amines) is 1. The molecule has 2 rings (SSSR count). The van der Waals surface area contributed by atoms with Crippen molar-refractivity contribution < 1.29 is 0 Å². The molecule has 2 heterocycles. The Balaban J connectivity index is 1.63. The molecule has 1 aliphatic rings. The third-order valence-corrected chi connectivity index (χ3v) is 6.10. The third-order valence-electron chi connectivity index (χ3n) is 5.44. The van der Waals surface area contributed by atoms with Gasteiger partial charge in [-0.15, -0.1) is 10.2 Å². The first kappa shape index (κ1) is 24.0. The van der Waals surface area contributed by atoms with E-state index >= 15 is 0 Å². The van der Waals surface area contributed by atoms with E-state index in [-0.39, 0.29) is 0 Å².